The van der Waals surface area contributed by atoms with E-state index in [4.69, 9.17) is 0 Å². The normalized spacial score (nSPS) is 12.7. The fourth-order valence-corrected chi connectivity index (χ4v) is 2.44. The van der Waals surface area contributed by atoms with E-state index in [9.17, 15) is 0 Å². The standard InChI is InChI=1S/C13H17BrN4/c1-8(15-4)11-5-6-13(12(14)7-11)18-10(3)16-9(2)17-18/h5-8,15H,1-4H3. The van der Waals surface area contributed by atoms with Crippen molar-refractivity contribution < 1.29 is 0 Å². The summed E-state index contributed by atoms with van der Waals surface area (Å²) in [5.74, 6) is 1.68. The number of nitrogens with zero attached hydrogens (tertiary/aromatic N) is 3. The molecule has 2 rings (SSSR count). The highest BCUT2D eigenvalue weighted by molar-refractivity contribution is 9.10. The summed E-state index contributed by atoms with van der Waals surface area (Å²) in [6.07, 6.45) is 0. The zero-order chi connectivity index (χ0) is 13.3. The molecule has 0 bridgehead atoms. The maximum absolute atomic E-state index is 4.40. The van der Waals surface area contributed by atoms with Gasteiger partial charge in [0.25, 0.3) is 0 Å². The monoisotopic (exact) mass is 308 g/mol. The van der Waals surface area contributed by atoms with Crippen LogP contribution in [0.1, 0.15) is 30.2 Å². The Bertz CT molecular complexity index is 562. The van der Waals surface area contributed by atoms with Crippen LogP contribution in [0.2, 0.25) is 0 Å². The van der Waals surface area contributed by atoms with Gasteiger partial charge in [0.2, 0.25) is 0 Å². The third-order valence-corrected chi connectivity index (χ3v) is 3.64. The Kier molecular flexibility index (Phi) is 3.82. The minimum Gasteiger partial charge on any atom is -0.313 e. The lowest BCUT2D eigenvalue weighted by molar-refractivity contribution is 0.651. The highest BCUT2D eigenvalue weighted by Gasteiger charge is 2.11. The van der Waals surface area contributed by atoms with Gasteiger partial charge < -0.3 is 5.32 Å². The molecule has 2 aromatic rings. The van der Waals surface area contributed by atoms with E-state index in [-0.39, 0.29) is 0 Å². The average Bonchev–Trinajstić information content (AvgIpc) is 2.67. The van der Waals surface area contributed by atoms with Gasteiger partial charge in [-0.1, -0.05) is 6.07 Å². The third-order valence-electron chi connectivity index (χ3n) is 3.01. The first kappa shape index (κ1) is 13.2. The smallest absolute Gasteiger partial charge is 0.148 e. The minimum atomic E-state index is 0.328. The molecule has 1 N–H and O–H groups in total. The van der Waals surface area contributed by atoms with Gasteiger partial charge in [0.1, 0.15) is 11.6 Å². The van der Waals surface area contributed by atoms with Crippen molar-refractivity contribution in [3.8, 4) is 5.69 Å². The fraction of sp³-hybridized carbons (Fsp3) is 0.385. The van der Waals surface area contributed by atoms with Gasteiger partial charge in [-0.25, -0.2) is 9.67 Å². The Morgan fingerprint density at radius 2 is 2.06 bits per heavy atom. The third kappa shape index (κ3) is 2.47. The van der Waals surface area contributed by atoms with Crippen LogP contribution in [-0.4, -0.2) is 21.8 Å². The van der Waals surface area contributed by atoms with Crippen LogP contribution in [0, 0.1) is 13.8 Å². The van der Waals surface area contributed by atoms with Crippen LogP contribution >= 0.6 is 15.9 Å². The molecule has 1 unspecified atom stereocenters. The Morgan fingerprint density at radius 3 is 2.56 bits per heavy atom. The predicted molar refractivity (Wildman–Crippen MR) is 76.0 cm³/mol. The Morgan fingerprint density at radius 1 is 1.33 bits per heavy atom. The number of benzene rings is 1. The van der Waals surface area contributed by atoms with Gasteiger partial charge in [-0.05, 0) is 61.4 Å². The van der Waals surface area contributed by atoms with Gasteiger partial charge in [0.05, 0.1) is 5.69 Å². The molecule has 1 heterocycles. The van der Waals surface area contributed by atoms with Crippen molar-refractivity contribution in [3.05, 3.63) is 39.9 Å². The lowest BCUT2D eigenvalue weighted by atomic mass is 10.1. The van der Waals surface area contributed by atoms with Crippen molar-refractivity contribution in [2.24, 2.45) is 0 Å². The zero-order valence-corrected chi connectivity index (χ0v) is 12.6. The predicted octanol–water partition coefficient (Wildman–Crippen LogP) is 2.93. The molecule has 5 heteroatoms. The molecular formula is C13H17BrN4. The molecule has 96 valence electrons. The van der Waals surface area contributed by atoms with E-state index >= 15 is 0 Å². The molecule has 1 atom stereocenters. The summed E-state index contributed by atoms with van der Waals surface area (Å²) in [5.41, 5.74) is 2.25. The van der Waals surface area contributed by atoms with Crippen LogP contribution in [0.15, 0.2) is 22.7 Å². The summed E-state index contributed by atoms with van der Waals surface area (Å²) < 4.78 is 2.88. The zero-order valence-electron chi connectivity index (χ0n) is 11.0. The lowest BCUT2D eigenvalue weighted by Gasteiger charge is -2.13. The summed E-state index contributed by atoms with van der Waals surface area (Å²) in [7, 11) is 1.96. The van der Waals surface area contributed by atoms with E-state index in [2.05, 4.69) is 56.5 Å². The quantitative estimate of drug-likeness (QED) is 0.948. The Labute approximate surface area is 116 Å². The molecule has 0 saturated heterocycles. The van der Waals surface area contributed by atoms with Gasteiger partial charge in [0, 0.05) is 10.5 Å². The van der Waals surface area contributed by atoms with E-state index in [0.29, 0.717) is 6.04 Å². The molecule has 1 aromatic carbocycles. The SMILES string of the molecule is CNC(C)c1ccc(-n2nc(C)nc2C)c(Br)c1. The van der Waals surface area contributed by atoms with Crippen molar-refractivity contribution in [2.45, 2.75) is 26.8 Å². The first-order chi connectivity index (χ1) is 8.52. The van der Waals surface area contributed by atoms with Crippen molar-refractivity contribution >= 4 is 15.9 Å². The van der Waals surface area contributed by atoms with Crippen LogP contribution in [0.25, 0.3) is 5.69 Å². The summed E-state index contributed by atoms with van der Waals surface area (Å²) >= 11 is 3.61. The maximum Gasteiger partial charge on any atom is 0.148 e. The van der Waals surface area contributed by atoms with E-state index in [1.54, 1.807) is 0 Å². The molecule has 0 saturated carbocycles. The van der Waals surface area contributed by atoms with E-state index in [0.717, 1.165) is 21.8 Å². The number of aromatic nitrogens is 3. The Hall–Kier alpha value is -1.20. The first-order valence-electron chi connectivity index (χ1n) is 5.90. The molecule has 1 aromatic heterocycles. The highest BCUT2D eigenvalue weighted by Crippen LogP contribution is 2.25. The molecule has 0 aliphatic carbocycles. The minimum absolute atomic E-state index is 0.328. The number of aryl methyl sites for hydroxylation is 2. The van der Waals surface area contributed by atoms with E-state index in [1.807, 2.05) is 25.6 Å². The second kappa shape index (κ2) is 5.20. The van der Waals surface area contributed by atoms with E-state index < -0.39 is 0 Å². The maximum atomic E-state index is 4.40. The van der Waals surface area contributed by atoms with E-state index in [1.165, 1.54) is 5.56 Å². The fourth-order valence-electron chi connectivity index (χ4n) is 1.88. The molecule has 0 aliphatic rings. The van der Waals surface area contributed by atoms with Gasteiger partial charge in [-0.2, -0.15) is 5.10 Å². The summed E-state index contributed by atoms with van der Waals surface area (Å²) in [6, 6.07) is 6.62. The molecule has 0 spiro atoms. The molecular weight excluding hydrogens is 292 g/mol. The highest BCUT2D eigenvalue weighted by atomic mass is 79.9. The van der Waals surface area contributed by atoms with Crippen molar-refractivity contribution in [3.63, 3.8) is 0 Å². The molecule has 0 radical (unpaired) electrons. The van der Waals surface area contributed by atoms with Crippen molar-refractivity contribution in [1.82, 2.24) is 20.1 Å². The van der Waals surface area contributed by atoms with Crippen molar-refractivity contribution in [1.29, 1.82) is 0 Å². The number of rotatable bonds is 3. The van der Waals surface area contributed by atoms with Gasteiger partial charge >= 0.3 is 0 Å². The molecule has 18 heavy (non-hydrogen) atoms. The second-order valence-electron chi connectivity index (χ2n) is 4.34. The van der Waals surface area contributed by atoms with Crippen LogP contribution in [0.3, 0.4) is 0 Å². The molecule has 0 amide bonds. The molecule has 0 fully saturated rings. The lowest BCUT2D eigenvalue weighted by Crippen LogP contribution is -2.12. The number of nitrogens with one attached hydrogen (secondary N) is 1. The average molecular weight is 309 g/mol. The van der Waals surface area contributed by atoms with Gasteiger partial charge in [-0.3, -0.25) is 0 Å². The number of halogens is 1. The molecule has 4 nitrogen and oxygen atoms in total. The second-order valence-corrected chi connectivity index (χ2v) is 5.19. The van der Waals surface area contributed by atoms with Crippen LogP contribution < -0.4 is 5.32 Å². The number of hydrogen-bond donors (Lipinski definition) is 1. The molecule has 0 aliphatic heterocycles. The van der Waals surface area contributed by atoms with Gasteiger partial charge in [-0.15, -0.1) is 0 Å². The summed E-state index contributed by atoms with van der Waals surface area (Å²) in [4.78, 5) is 4.32. The summed E-state index contributed by atoms with van der Waals surface area (Å²) in [6.45, 7) is 5.98. The topological polar surface area (TPSA) is 42.7 Å². The largest absolute Gasteiger partial charge is 0.313 e. The van der Waals surface area contributed by atoms with Gasteiger partial charge in [0.15, 0.2) is 0 Å². The first-order valence-corrected chi connectivity index (χ1v) is 6.69. The summed E-state index contributed by atoms with van der Waals surface area (Å²) in [5, 5.41) is 7.62. The van der Waals surface area contributed by atoms with Crippen molar-refractivity contribution in [2.75, 3.05) is 7.05 Å². The van der Waals surface area contributed by atoms with Crippen LogP contribution in [-0.2, 0) is 0 Å². The van der Waals surface area contributed by atoms with Crippen LogP contribution in [0.5, 0.6) is 0 Å². The number of hydrogen-bond acceptors (Lipinski definition) is 3. The Balaban J connectivity index is 2.44. The van der Waals surface area contributed by atoms with Crippen LogP contribution in [0.4, 0.5) is 0 Å².